The summed E-state index contributed by atoms with van der Waals surface area (Å²) in [6.07, 6.45) is 6.42. The minimum absolute atomic E-state index is 0.162. The molecule has 1 saturated heterocycles. The van der Waals surface area contributed by atoms with Gasteiger partial charge in [0.1, 0.15) is 18.1 Å². The van der Waals surface area contributed by atoms with Gasteiger partial charge < -0.3 is 14.3 Å². The summed E-state index contributed by atoms with van der Waals surface area (Å²) < 4.78 is 10.3. The lowest BCUT2D eigenvalue weighted by Crippen LogP contribution is -2.41. The van der Waals surface area contributed by atoms with Crippen LogP contribution in [0.25, 0.3) is 0 Å². The van der Waals surface area contributed by atoms with Gasteiger partial charge in [-0.2, -0.15) is 0 Å². The molecular formula is C16H21NO5. The molecule has 1 aromatic rings. The number of fused-ring (bicyclic) bond motifs is 1. The van der Waals surface area contributed by atoms with Crippen molar-refractivity contribution in [3.05, 3.63) is 28.3 Å². The summed E-state index contributed by atoms with van der Waals surface area (Å²) in [5.74, 6) is 0.309. The average molecular weight is 307 g/mol. The Kier molecular flexibility index (Phi) is 4.20. The first-order valence-electron chi connectivity index (χ1n) is 7.74. The number of hydrogen-bond acceptors (Lipinski definition) is 5. The van der Waals surface area contributed by atoms with Gasteiger partial charge in [-0.05, 0) is 25.2 Å². The van der Waals surface area contributed by atoms with Crippen molar-refractivity contribution < 1.29 is 19.1 Å². The summed E-state index contributed by atoms with van der Waals surface area (Å²) in [4.78, 5) is 25.4. The highest BCUT2D eigenvalue weighted by Crippen LogP contribution is 2.40. The molecule has 1 aromatic heterocycles. The molecule has 2 heterocycles. The second-order valence-corrected chi connectivity index (χ2v) is 6.15. The number of carboxylic acids is 1. The number of rotatable bonds is 4. The van der Waals surface area contributed by atoms with Crippen LogP contribution < -0.4 is 10.2 Å². The molecule has 3 atom stereocenters. The highest BCUT2D eigenvalue weighted by Gasteiger charge is 2.45. The number of aliphatic carboxylic acids is 1. The smallest absolute Gasteiger partial charge is 0.320 e. The first kappa shape index (κ1) is 15.1. The third kappa shape index (κ3) is 2.75. The summed E-state index contributed by atoms with van der Waals surface area (Å²) in [5, 5.41) is 9.49. The lowest BCUT2D eigenvalue weighted by Gasteiger charge is -2.32. The van der Waals surface area contributed by atoms with Crippen LogP contribution in [0.3, 0.4) is 0 Å². The van der Waals surface area contributed by atoms with Gasteiger partial charge in [0.2, 0.25) is 11.2 Å². The topological polar surface area (TPSA) is 80.0 Å². The molecular weight excluding hydrogens is 286 g/mol. The van der Waals surface area contributed by atoms with E-state index < -0.39 is 12.0 Å². The van der Waals surface area contributed by atoms with Gasteiger partial charge in [0, 0.05) is 12.1 Å². The van der Waals surface area contributed by atoms with E-state index >= 15 is 0 Å². The Bertz CT molecular complexity index is 611. The molecule has 22 heavy (non-hydrogen) atoms. The van der Waals surface area contributed by atoms with E-state index in [4.69, 9.17) is 9.15 Å². The molecule has 1 aliphatic carbocycles. The molecule has 1 saturated carbocycles. The largest absolute Gasteiger partial charge is 0.490 e. The third-order valence-electron chi connectivity index (χ3n) is 4.92. The van der Waals surface area contributed by atoms with Gasteiger partial charge in [-0.3, -0.25) is 14.5 Å². The van der Waals surface area contributed by atoms with Crippen LogP contribution in [0.1, 0.15) is 37.9 Å². The Balaban J connectivity index is 1.83. The summed E-state index contributed by atoms with van der Waals surface area (Å²) >= 11 is 0. The molecule has 0 bridgehead atoms. The van der Waals surface area contributed by atoms with Crippen LogP contribution in [0.5, 0.6) is 5.75 Å². The van der Waals surface area contributed by atoms with Crippen LogP contribution in [-0.2, 0) is 11.3 Å². The van der Waals surface area contributed by atoms with Gasteiger partial charge in [-0.25, -0.2) is 0 Å². The van der Waals surface area contributed by atoms with Crippen molar-refractivity contribution in [2.24, 2.45) is 5.92 Å². The molecule has 0 radical (unpaired) electrons. The van der Waals surface area contributed by atoms with E-state index in [9.17, 15) is 14.7 Å². The fraction of sp³-hybridized carbons (Fsp3) is 0.625. The molecule has 1 N–H and O–H groups in total. The predicted molar refractivity (Wildman–Crippen MR) is 78.9 cm³/mol. The maximum absolute atomic E-state index is 11.8. The summed E-state index contributed by atoms with van der Waals surface area (Å²) in [6.45, 7) is 0.358. The molecule has 1 aliphatic heterocycles. The fourth-order valence-electron chi connectivity index (χ4n) is 3.87. The average Bonchev–Trinajstić information content (AvgIpc) is 2.87. The number of carbonyl (C=O) groups is 1. The van der Waals surface area contributed by atoms with E-state index in [0.29, 0.717) is 24.6 Å². The SMILES string of the molecule is COc1coc(CN2C(C(=O)O)CC3CCCCC32)cc1=O. The number of likely N-dealkylation sites (tertiary alicyclic amines) is 1. The number of hydrogen-bond donors (Lipinski definition) is 1. The van der Waals surface area contributed by atoms with E-state index in [2.05, 4.69) is 0 Å². The van der Waals surface area contributed by atoms with E-state index in [1.165, 1.54) is 25.9 Å². The van der Waals surface area contributed by atoms with Crippen LogP contribution in [0.4, 0.5) is 0 Å². The molecule has 6 nitrogen and oxygen atoms in total. The van der Waals surface area contributed by atoms with E-state index in [0.717, 1.165) is 19.3 Å². The van der Waals surface area contributed by atoms with Crippen molar-refractivity contribution in [2.75, 3.05) is 7.11 Å². The van der Waals surface area contributed by atoms with Gasteiger partial charge in [-0.15, -0.1) is 0 Å². The first-order valence-corrected chi connectivity index (χ1v) is 7.74. The molecule has 3 rings (SSSR count). The maximum Gasteiger partial charge on any atom is 0.320 e. The summed E-state index contributed by atoms with van der Waals surface area (Å²) in [5.41, 5.74) is -0.241. The van der Waals surface area contributed by atoms with Gasteiger partial charge >= 0.3 is 5.97 Å². The van der Waals surface area contributed by atoms with Crippen molar-refractivity contribution in [3.63, 3.8) is 0 Å². The lowest BCUT2D eigenvalue weighted by molar-refractivity contribution is -0.143. The Morgan fingerprint density at radius 3 is 2.91 bits per heavy atom. The minimum Gasteiger partial charge on any atom is -0.490 e. The molecule has 0 aromatic carbocycles. The molecule has 120 valence electrons. The zero-order valence-corrected chi connectivity index (χ0v) is 12.7. The van der Waals surface area contributed by atoms with Crippen molar-refractivity contribution in [2.45, 2.75) is 50.7 Å². The number of methoxy groups -OCH3 is 1. The Labute approximate surface area is 128 Å². The standard InChI is InChI=1S/C16H21NO5/c1-21-15-9-22-11(7-14(15)18)8-17-12-5-3-2-4-10(12)6-13(17)16(19)20/h7,9-10,12-13H,2-6,8H2,1H3,(H,19,20). The van der Waals surface area contributed by atoms with Gasteiger partial charge in [0.05, 0.1) is 13.7 Å². The third-order valence-corrected chi connectivity index (χ3v) is 4.92. The first-order chi connectivity index (χ1) is 10.6. The molecule has 6 heteroatoms. The van der Waals surface area contributed by atoms with E-state index in [-0.39, 0.29) is 17.2 Å². The van der Waals surface area contributed by atoms with Crippen LogP contribution in [-0.4, -0.2) is 35.2 Å². The Hall–Kier alpha value is -1.82. The Morgan fingerprint density at radius 2 is 2.23 bits per heavy atom. The zero-order valence-electron chi connectivity index (χ0n) is 12.7. The second kappa shape index (κ2) is 6.12. The van der Waals surface area contributed by atoms with E-state index in [1.54, 1.807) is 0 Å². The fourth-order valence-corrected chi connectivity index (χ4v) is 3.87. The van der Waals surface area contributed by atoms with Crippen LogP contribution in [0.2, 0.25) is 0 Å². The molecule has 0 amide bonds. The molecule has 0 spiro atoms. The van der Waals surface area contributed by atoms with Crippen LogP contribution in [0.15, 0.2) is 21.5 Å². The van der Waals surface area contributed by atoms with Crippen LogP contribution >= 0.6 is 0 Å². The molecule has 3 unspecified atom stereocenters. The number of nitrogens with zero attached hydrogens (tertiary/aromatic N) is 1. The van der Waals surface area contributed by atoms with Gasteiger partial charge in [0.15, 0.2) is 0 Å². The molecule has 2 fully saturated rings. The quantitative estimate of drug-likeness (QED) is 0.914. The van der Waals surface area contributed by atoms with Crippen LogP contribution in [0, 0.1) is 5.92 Å². The highest BCUT2D eigenvalue weighted by atomic mass is 16.5. The highest BCUT2D eigenvalue weighted by molar-refractivity contribution is 5.74. The number of ether oxygens (including phenoxy) is 1. The maximum atomic E-state index is 11.8. The van der Waals surface area contributed by atoms with Crippen molar-refractivity contribution in [3.8, 4) is 5.75 Å². The minimum atomic E-state index is -0.787. The summed E-state index contributed by atoms with van der Waals surface area (Å²) in [6, 6.07) is 1.19. The molecule has 2 aliphatic rings. The summed E-state index contributed by atoms with van der Waals surface area (Å²) in [7, 11) is 1.42. The van der Waals surface area contributed by atoms with Crippen molar-refractivity contribution >= 4 is 5.97 Å². The zero-order chi connectivity index (χ0) is 15.7. The van der Waals surface area contributed by atoms with Crippen molar-refractivity contribution in [1.29, 1.82) is 0 Å². The number of carboxylic acid groups (broad SMARTS) is 1. The monoisotopic (exact) mass is 307 g/mol. The lowest BCUT2D eigenvalue weighted by atomic mass is 9.85. The second-order valence-electron chi connectivity index (χ2n) is 6.15. The van der Waals surface area contributed by atoms with Gasteiger partial charge in [-0.1, -0.05) is 12.8 Å². The Morgan fingerprint density at radius 1 is 1.45 bits per heavy atom. The predicted octanol–water partition coefficient (Wildman–Crippen LogP) is 1.87. The van der Waals surface area contributed by atoms with Crippen molar-refractivity contribution in [1.82, 2.24) is 4.90 Å². The van der Waals surface area contributed by atoms with Gasteiger partial charge in [0.25, 0.3) is 0 Å². The van der Waals surface area contributed by atoms with E-state index in [1.807, 2.05) is 4.90 Å². The normalized spacial score (nSPS) is 28.3.